The lowest BCUT2D eigenvalue weighted by atomic mass is 10.2. The minimum Gasteiger partial charge on any atom is -0.325 e. The Hall–Kier alpha value is -2.61. The van der Waals surface area contributed by atoms with Crippen LogP contribution >= 0.6 is 11.3 Å². The smallest absolute Gasteiger partial charge is 0.325 e. The summed E-state index contributed by atoms with van der Waals surface area (Å²) in [7, 11) is 0. The third-order valence-electron chi connectivity index (χ3n) is 3.40. The normalized spacial score (nSPS) is 11.6. The lowest BCUT2D eigenvalue weighted by Gasteiger charge is -2.10. The number of nitrogens with one attached hydrogen (secondary N) is 1. The van der Waals surface area contributed by atoms with Gasteiger partial charge in [0.1, 0.15) is 6.54 Å². The van der Waals surface area contributed by atoms with Crippen LogP contribution < -0.4 is 10.9 Å². The van der Waals surface area contributed by atoms with Gasteiger partial charge >= 0.3 is 6.18 Å². The summed E-state index contributed by atoms with van der Waals surface area (Å²) >= 11 is 1.43. The van der Waals surface area contributed by atoms with E-state index in [9.17, 15) is 22.8 Å². The van der Waals surface area contributed by atoms with Crippen LogP contribution in [0.1, 0.15) is 5.56 Å². The Morgan fingerprint density at radius 3 is 2.50 bits per heavy atom. The number of fused-ring (bicyclic) bond motifs is 1. The molecule has 1 amide bonds. The van der Waals surface area contributed by atoms with E-state index in [1.54, 1.807) is 17.5 Å². The zero-order valence-corrected chi connectivity index (χ0v) is 12.9. The molecule has 124 valence electrons. The molecule has 2 aromatic heterocycles. The van der Waals surface area contributed by atoms with Crippen LogP contribution in [0.5, 0.6) is 0 Å². The molecule has 0 fully saturated rings. The molecule has 0 atom stereocenters. The van der Waals surface area contributed by atoms with E-state index in [0.717, 1.165) is 16.8 Å². The van der Waals surface area contributed by atoms with Crippen LogP contribution in [0.25, 0.3) is 10.1 Å². The first kappa shape index (κ1) is 16.3. The van der Waals surface area contributed by atoms with Gasteiger partial charge in [0.15, 0.2) is 0 Å². The molecule has 0 aliphatic carbocycles. The quantitative estimate of drug-likeness (QED) is 0.781. The van der Waals surface area contributed by atoms with E-state index in [1.165, 1.54) is 34.2 Å². The highest BCUT2D eigenvalue weighted by atomic mass is 32.1. The van der Waals surface area contributed by atoms with Crippen molar-refractivity contribution in [1.29, 1.82) is 0 Å². The molecule has 1 aromatic carbocycles. The lowest BCUT2D eigenvalue weighted by molar-refractivity contribution is -0.137. The number of hydrogen-bond acceptors (Lipinski definition) is 3. The Morgan fingerprint density at radius 2 is 1.83 bits per heavy atom. The number of benzene rings is 1. The molecule has 3 rings (SSSR count). The molecule has 0 saturated heterocycles. The number of aromatic nitrogens is 1. The molecular formula is C16H11F3N2O2S. The summed E-state index contributed by atoms with van der Waals surface area (Å²) in [5, 5.41) is 4.80. The molecule has 0 radical (unpaired) electrons. The van der Waals surface area contributed by atoms with E-state index < -0.39 is 17.6 Å². The van der Waals surface area contributed by atoms with Gasteiger partial charge in [-0.05, 0) is 41.8 Å². The summed E-state index contributed by atoms with van der Waals surface area (Å²) in [4.78, 5) is 24.2. The molecule has 3 aromatic rings. The number of alkyl halides is 3. The zero-order valence-electron chi connectivity index (χ0n) is 12.1. The van der Waals surface area contributed by atoms with Crippen molar-refractivity contribution in [1.82, 2.24) is 4.57 Å². The van der Waals surface area contributed by atoms with E-state index in [-0.39, 0.29) is 17.8 Å². The maximum Gasteiger partial charge on any atom is 0.416 e. The molecule has 4 nitrogen and oxygen atoms in total. The number of anilines is 1. The fourth-order valence-corrected chi connectivity index (χ4v) is 3.00. The number of amides is 1. The summed E-state index contributed by atoms with van der Waals surface area (Å²) in [6.45, 7) is -0.217. The Morgan fingerprint density at radius 1 is 1.12 bits per heavy atom. The topological polar surface area (TPSA) is 51.1 Å². The van der Waals surface area contributed by atoms with E-state index in [4.69, 9.17) is 0 Å². The third kappa shape index (κ3) is 3.33. The highest BCUT2D eigenvalue weighted by Crippen LogP contribution is 2.29. The fourth-order valence-electron chi connectivity index (χ4n) is 2.23. The monoisotopic (exact) mass is 352 g/mol. The number of halogens is 3. The molecule has 1 N–H and O–H groups in total. The average Bonchev–Trinajstić information content (AvgIpc) is 2.99. The summed E-state index contributed by atoms with van der Waals surface area (Å²) in [6, 6.07) is 7.55. The summed E-state index contributed by atoms with van der Waals surface area (Å²) in [5.74, 6) is -0.494. The standard InChI is InChI=1S/C16H11F3N2O2S/c17-16(18,19)10-1-3-11(4-2-10)20-14(22)9-21-7-5-13-12(15(21)23)6-8-24-13/h1-8H,9H2,(H,20,22). The number of rotatable bonds is 3. The number of thiophene rings is 1. The average molecular weight is 352 g/mol. The van der Waals surface area contributed by atoms with Gasteiger partial charge in [-0.15, -0.1) is 11.3 Å². The van der Waals surface area contributed by atoms with Crippen LogP contribution in [0.3, 0.4) is 0 Å². The summed E-state index contributed by atoms with van der Waals surface area (Å²) in [6.07, 6.45) is -2.90. The highest BCUT2D eigenvalue weighted by Gasteiger charge is 2.29. The van der Waals surface area contributed by atoms with Crippen LogP contribution in [0.2, 0.25) is 0 Å². The Balaban J connectivity index is 1.73. The minimum atomic E-state index is -4.42. The second-order valence-corrected chi connectivity index (χ2v) is 6.02. The van der Waals surface area contributed by atoms with Crippen molar-refractivity contribution in [2.45, 2.75) is 12.7 Å². The van der Waals surface area contributed by atoms with E-state index in [1.807, 2.05) is 0 Å². The molecular weight excluding hydrogens is 341 g/mol. The van der Waals surface area contributed by atoms with Gasteiger partial charge < -0.3 is 9.88 Å². The predicted molar refractivity (Wildman–Crippen MR) is 86.2 cm³/mol. The van der Waals surface area contributed by atoms with Crippen LogP contribution in [0.4, 0.5) is 18.9 Å². The number of hydrogen-bond donors (Lipinski definition) is 1. The van der Waals surface area contributed by atoms with E-state index in [0.29, 0.717) is 5.39 Å². The predicted octanol–water partition coefficient (Wildman–Crippen LogP) is 3.72. The second kappa shape index (κ2) is 6.12. The van der Waals surface area contributed by atoms with Crippen molar-refractivity contribution in [3.05, 3.63) is 63.9 Å². The number of carbonyl (C=O) groups excluding carboxylic acids is 1. The molecule has 2 heterocycles. The van der Waals surface area contributed by atoms with Crippen LogP contribution in [-0.2, 0) is 17.5 Å². The first-order chi connectivity index (χ1) is 11.3. The zero-order chi connectivity index (χ0) is 17.3. The largest absolute Gasteiger partial charge is 0.416 e. The van der Waals surface area contributed by atoms with Gasteiger partial charge in [-0.3, -0.25) is 9.59 Å². The maximum absolute atomic E-state index is 12.5. The second-order valence-electron chi connectivity index (χ2n) is 5.07. The maximum atomic E-state index is 12.5. The van der Waals surface area contributed by atoms with Crippen molar-refractivity contribution < 1.29 is 18.0 Å². The van der Waals surface area contributed by atoms with Crippen molar-refractivity contribution in [3.63, 3.8) is 0 Å². The van der Waals surface area contributed by atoms with Crippen LogP contribution in [-0.4, -0.2) is 10.5 Å². The number of nitrogens with zero attached hydrogens (tertiary/aromatic N) is 1. The number of carbonyl (C=O) groups is 1. The Bertz CT molecular complexity index is 942. The van der Waals surface area contributed by atoms with Gasteiger partial charge in [0.05, 0.1) is 10.9 Å². The lowest BCUT2D eigenvalue weighted by Crippen LogP contribution is -2.27. The molecule has 8 heteroatoms. The third-order valence-corrected chi connectivity index (χ3v) is 4.28. The van der Waals surface area contributed by atoms with Gasteiger partial charge in [-0.1, -0.05) is 0 Å². The van der Waals surface area contributed by atoms with Crippen molar-refractivity contribution in [3.8, 4) is 0 Å². The highest BCUT2D eigenvalue weighted by molar-refractivity contribution is 7.17. The Kier molecular flexibility index (Phi) is 4.15. The molecule has 0 saturated carbocycles. The summed E-state index contributed by atoms with van der Waals surface area (Å²) in [5.41, 5.74) is -0.839. The van der Waals surface area contributed by atoms with Gasteiger partial charge in [-0.25, -0.2) is 0 Å². The van der Waals surface area contributed by atoms with Crippen molar-refractivity contribution in [2.24, 2.45) is 0 Å². The summed E-state index contributed by atoms with van der Waals surface area (Å²) < 4.78 is 39.6. The van der Waals surface area contributed by atoms with E-state index >= 15 is 0 Å². The molecule has 0 spiro atoms. The molecule has 0 bridgehead atoms. The SMILES string of the molecule is O=C(Cn1ccc2sccc2c1=O)Nc1ccc(C(F)(F)F)cc1. The molecule has 0 unspecified atom stereocenters. The van der Waals surface area contributed by atoms with E-state index in [2.05, 4.69) is 5.32 Å². The molecule has 0 aliphatic heterocycles. The van der Waals surface area contributed by atoms with Gasteiger partial charge in [0, 0.05) is 16.6 Å². The first-order valence-electron chi connectivity index (χ1n) is 6.88. The van der Waals surface area contributed by atoms with Gasteiger partial charge in [0.25, 0.3) is 5.56 Å². The molecule has 24 heavy (non-hydrogen) atoms. The fraction of sp³-hybridized carbons (Fsp3) is 0.125. The van der Waals surface area contributed by atoms with Crippen LogP contribution in [0, 0.1) is 0 Å². The Labute approximate surface area is 138 Å². The van der Waals surface area contributed by atoms with Crippen molar-refractivity contribution in [2.75, 3.05) is 5.32 Å². The van der Waals surface area contributed by atoms with Gasteiger partial charge in [0.2, 0.25) is 5.91 Å². The first-order valence-corrected chi connectivity index (χ1v) is 7.76. The molecule has 0 aliphatic rings. The van der Waals surface area contributed by atoms with Crippen molar-refractivity contribution >= 4 is 33.0 Å². The number of pyridine rings is 1. The van der Waals surface area contributed by atoms with Crippen LogP contribution in [0.15, 0.2) is 52.8 Å². The van der Waals surface area contributed by atoms with Gasteiger partial charge in [-0.2, -0.15) is 13.2 Å². The minimum absolute atomic E-state index is 0.217.